The molecule has 0 aromatic heterocycles. The van der Waals surface area contributed by atoms with Crippen molar-refractivity contribution in [2.24, 2.45) is 0 Å². The summed E-state index contributed by atoms with van der Waals surface area (Å²) in [5, 5.41) is 13.8. The van der Waals surface area contributed by atoms with Gasteiger partial charge in [0.1, 0.15) is 0 Å². The maximum atomic E-state index is 11.6. The fourth-order valence-corrected chi connectivity index (χ4v) is 2.00. The van der Waals surface area contributed by atoms with E-state index in [0.717, 1.165) is 8.95 Å². The van der Waals surface area contributed by atoms with Crippen LogP contribution in [0, 0.1) is 0 Å². The van der Waals surface area contributed by atoms with Crippen LogP contribution in [-0.4, -0.2) is 23.1 Å². The number of amides is 2. The molecular formula is C11H12Br2N2O3. The molecule has 0 heterocycles. The molecular weight excluding hydrogens is 368 g/mol. The van der Waals surface area contributed by atoms with E-state index in [4.69, 9.17) is 5.11 Å². The van der Waals surface area contributed by atoms with Crippen LogP contribution >= 0.6 is 31.9 Å². The molecule has 0 aliphatic carbocycles. The maximum Gasteiger partial charge on any atom is 0.319 e. The Bertz CT molecular complexity index is 466. The lowest BCUT2D eigenvalue weighted by Crippen LogP contribution is -2.37. The van der Waals surface area contributed by atoms with E-state index in [-0.39, 0.29) is 6.42 Å². The van der Waals surface area contributed by atoms with Crippen molar-refractivity contribution in [1.29, 1.82) is 0 Å². The highest BCUT2D eigenvalue weighted by Gasteiger charge is 2.12. The molecule has 18 heavy (non-hydrogen) atoms. The monoisotopic (exact) mass is 378 g/mol. The highest BCUT2D eigenvalue weighted by atomic mass is 79.9. The van der Waals surface area contributed by atoms with E-state index in [9.17, 15) is 9.59 Å². The molecule has 1 atom stereocenters. The van der Waals surface area contributed by atoms with Crippen molar-refractivity contribution in [3.8, 4) is 0 Å². The molecule has 3 N–H and O–H groups in total. The fraction of sp³-hybridized carbons (Fsp3) is 0.273. The summed E-state index contributed by atoms with van der Waals surface area (Å²) in [5.74, 6) is -0.952. The van der Waals surface area contributed by atoms with Gasteiger partial charge in [-0.3, -0.25) is 4.79 Å². The first-order valence-corrected chi connectivity index (χ1v) is 6.71. The van der Waals surface area contributed by atoms with E-state index >= 15 is 0 Å². The van der Waals surface area contributed by atoms with Crippen molar-refractivity contribution in [1.82, 2.24) is 5.32 Å². The zero-order chi connectivity index (χ0) is 13.7. The van der Waals surface area contributed by atoms with Crippen molar-refractivity contribution in [3.05, 3.63) is 27.1 Å². The summed E-state index contributed by atoms with van der Waals surface area (Å²) >= 11 is 6.61. The third-order valence-corrected chi connectivity index (χ3v) is 3.22. The zero-order valence-electron chi connectivity index (χ0n) is 9.54. The van der Waals surface area contributed by atoms with Gasteiger partial charge in [0.25, 0.3) is 0 Å². The minimum absolute atomic E-state index is 0.118. The summed E-state index contributed by atoms with van der Waals surface area (Å²) in [6.07, 6.45) is -0.118. The van der Waals surface area contributed by atoms with Gasteiger partial charge in [-0.1, -0.05) is 15.9 Å². The van der Waals surface area contributed by atoms with Crippen LogP contribution in [0.25, 0.3) is 0 Å². The second kappa shape index (κ2) is 6.75. The lowest BCUT2D eigenvalue weighted by molar-refractivity contribution is -0.137. The number of hydrogen-bond donors (Lipinski definition) is 3. The Labute approximate surface area is 121 Å². The van der Waals surface area contributed by atoms with Crippen LogP contribution in [-0.2, 0) is 4.79 Å². The number of anilines is 1. The summed E-state index contributed by atoms with van der Waals surface area (Å²) in [5.41, 5.74) is 0.601. The minimum Gasteiger partial charge on any atom is -0.481 e. The third-order valence-electron chi connectivity index (χ3n) is 2.03. The number of aliphatic carboxylic acids is 1. The standard InChI is InChI=1S/C11H12Br2N2O3/c1-6(4-10(16)17)14-11(18)15-9-5-7(12)2-3-8(9)13/h2-3,5-6H,4H2,1H3,(H,16,17)(H2,14,15,18). The van der Waals surface area contributed by atoms with Gasteiger partial charge in [0.15, 0.2) is 0 Å². The van der Waals surface area contributed by atoms with Crippen LogP contribution in [0.5, 0.6) is 0 Å². The second-order valence-electron chi connectivity index (χ2n) is 3.72. The lowest BCUT2D eigenvalue weighted by atomic mass is 10.2. The van der Waals surface area contributed by atoms with Gasteiger partial charge in [0, 0.05) is 15.0 Å². The number of nitrogens with one attached hydrogen (secondary N) is 2. The molecule has 1 aromatic rings. The van der Waals surface area contributed by atoms with Gasteiger partial charge in [-0.2, -0.15) is 0 Å². The van der Waals surface area contributed by atoms with E-state index < -0.39 is 18.0 Å². The summed E-state index contributed by atoms with van der Waals surface area (Å²) in [6, 6.07) is 4.49. The van der Waals surface area contributed by atoms with Crippen molar-refractivity contribution in [3.63, 3.8) is 0 Å². The van der Waals surface area contributed by atoms with Crippen LogP contribution in [0.1, 0.15) is 13.3 Å². The van der Waals surface area contributed by atoms with Gasteiger partial charge in [0.05, 0.1) is 12.1 Å². The smallest absolute Gasteiger partial charge is 0.319 e. The number of carbonyl (C=O) groups excluding carboxylic acids is 1. The first kappa shape index (κ1) is 15.0. The quantitative estimate of drug-likeness (QED) is 0.751. The average molecular weight is 380 g/mol. The van der Waals surface area contributed by atoms with E-state index in [1.54, 1.807) is 19.1 Å². The third kappa shape index (κ3) is 5.05. The average Bonchev–Trinajstić information content (AvgIpc) is 2.21. The Morgan fingerprint density at radius 1 is 1.39 bits per heavy atom. The van der Waals surface area contributed by atoms with Gasteiger partial charge >= 0.3 is 12.0 Å². The summed E-state index contributed by atoms with van der Waals surface area (Å²) in [4.78, 5) is 22.1. The van der Waals surface area contributed by atoms with E-state index in [2.05, 4.69) is 42.5 Å². The first-order chi connectivity index (χ1) is 8.38. The zero-order valence-corrected chi connectivity index (χ0v) is 12.7. The molecule has 0 saturated heterocycles. The number of hydrogen-bond acceptors (Lipinski definition) is 2. The van der Waals surface area contributed by atoms with Crippen molar-refractivity contribution < 1.29 is 14.7 Å². The number of rotatable bonds is 4. The predicted molar refractivity (Wildman–Crippen MR) is 75.7 cm³/mol. The number of carboxylic acid groups (broad SMARTS) is 1. The molecule has 1 rings (SSSR count). The summed E-state index contributed by atoms with van der Waals surface area (Å²) in [6.45, 7) is 1.63. The van der Waals surface area contributed by atoms with Gasteiger partial charge in [-0.25, -0.2) is 4.79 Å². The van der Waals surface area contributed by atoms with Crippen molar-refractivity contribution in [2.45, 2.75) is 19.4 Å². The molecule has 98 valence electrons. The molecule has 0 spiro atoms. The van der Waals surface area contributed by atoms with Crippen molar-refractivity contribution >= 4 is 49.5 Å². The Balaban J connectivity index is 2.59. The molecule has 0 fully saturated rings. The van der Waals surface area contributed by atoms with E-state index in [1.165, 1.54) is 0 Å². The second-order valence-corrected chi connectivity index (χ2v) is 5.49. The van der Waals surface area contributed by atoms with Crippen LogP contribution in [0.3, 0.4) is 0 Å². The number of carboxylic acids is 1. The van der Waals surface area contributed by atoms with E-state index in [0.29, 0.717) is 5.69 Å². The molecule has 0 aliphatic rings. The molecule has 2 amide bonds. The molecule has 0 aliphatic heterocycles. The molecule has 7 heteroatoms. The molecule has 0 saturated carbocycles. The van der Waals surface area contributed by atoms with E-state index in [1.807, 2.05) is 6.07 Å². The van der Waals surface area contributed by atoms with Crippen LogP contribution < -0.4 is 10.6 Å². The largest absolute Gasteiger partial charge is 0.481 e. The van der Waals surface area contributed by atoms with Crippen LogP contribution in [0.15, 0.2) is 27.1 Å². The van der Waals surface area contributed by atoms with Crippen LogP contribution in [0.4, 0.5) is 10.5 Å². The molecule has 0 bridgehead atoms. The summed E-state index contributed by atoms with van der Waals surface area (Å²) in [7, 11) is 0. The minimum atomic E-state index is -0.952. The highest BCUT2D eigenvalue weighted by molar-refractivity contribution is 9.11. The molecule has 5 nitrogen and oxygen atoms in total. The first-order valence-electron chi connectivity index (χ1n) is 5.13. The summed E-state index contributed by atoms with van der Waals surface area (Å²) < 4.78 is 1.58. The fourth-order valence-electron chi connectivity index (χ4n) is 1.29. The topological polar surface area (TPSA) is 78.4 Å². The van der Waals surface area contributed by atoms with Gasteiger partial charge in [-0.15, -0.1) is 0 Å². The molecule has 0 radical (unpaired) electrons. The molecule has 1 aromatic carbocycles. The number of benzene rings is 1. The Hall–Kier alpha value is -1.08. The number of carbonyl (C=O) groups is 2. The predicted octanol–water partition coefficient (Wildman–Crippen LogP) is 3.20. The van der Waals surface area contributed by atoms with Crippen molar-refractivity contribution in [2.75, 3.05) is 5.32 Å². The van der Waals surface area contributed by atoms with Crippen LogP contribution in [0.2, 0.25) is 0 Å². The Morgan fingerprint density at radius 2 is 2.06 bits per heavy atom. The lowest BCUT2D eigenvalue weighted by Gasteiger charge is -2.13. The highest BCUT2D eigenvalue weighted by Crippen LogP contribution is 2.25. The van der Waals surface area contributed by atoms with Gasteiger partial charge < -0.3 is 15.7 Å². The number of urea groups is 1. The normalized spacial score (nSPS) is 11.7. The SMILES string of the molecule is CC(CC(=O)O)NC(=O)Nc1cc(Br)ccc1Br. The molecule has 1 unspecified atom stereocenters. The Kier molecular flexibility index (Phi) is 5.61. The Morgan fingerprint density at radius 3 is 2.67 bits per heavy atom. The maximum absolute atomic E-state index is 11.6. The number of halogens is 2. The van der Waals surface area contributed by atoms with Gasteiger partial charge in [0.2, 0.25) is 0 Å². The van der Waals surface area contributed by atoms with Gasteiger partial charge in [-0.05, 0) is 41.1 Å².